The lowest BCUT2D eigenvalue weighted by Gasteiger charge is -2.27. The predicted molar refractivity (Wildman–Crippen MR) is 76.8 cm³/mol. The van der Waals surface area contributed by atoms with Gasteiger partial charge in [0.1, 0.15) is 0 Å². The van der Waals surface area contributed by atoms with E-state index < -0.39 is 5.97 Å². The van der Waals surface area contributed by atoms with Crippen LogP contribution in [0.2, 0.25) is 0 Å². The first-order chi connectivity index (χ1) is 8.08. The monoisotopic (exact) mass is 371 g/mol. The van der Waals surface area contributed by atoms with Gasteiger partial charge in [0.25, 0.3) is 0 Å². The van der Waals surface area contributed by atoms with E-state index in [2.05, 4.69) is 4.72 Å². The van der Waals surface area contributed by atoms with Crippen molar-refractivity contribution in [2.45, 2.75) is 51.4 Å². The summed E-state index contributed by atoms with van der Waals surface area (Å²) in [4.78, 5) is 22.2. The minimum Gasteiger partial charge on any atom is -0.481 e. The van der Waals surface area contributed by atoms with E-state index in [1.165, 1.54) is 9.12 Å². The largest absolute Gasteiger partial charge is 0.481 e. The third-order valence-corrected chi connectivity index (χ3v) is 4.42. The average molecular weight is 371 g/mol. The first-order valence-corrected chi connectivity index (χ1v) is 9.22. The summed E-state index contributed by atoms with van der Waals surface area (Å²) in [6, 6.07) is 0. The quantitative estimate of drug-likeness (QED) is 0.532. The second kappa shape index (κ2) is 7.45. The average Bonchev–Trinajstić information content (AvgIpc) is 2.66. The van der Waals surface area contributed by atoms with E-state index in [0.29, 0.717) is 12.8 Å². The van der Waals surface area contributed by atoms with E-state index in [0.717, 1.165) is 32.1 Å². The number of rotatable bonds is 7. The van der Waals surface area contributed by atoms with E-state index in [9.17, 15) is 9.59 Å². The van der Waals surface area contributed by atoms with Gasteiger partial charge in [0, 0.05) is 43.2 Å². The van der Waals surface area contributed by atoms with Gasteiger partial charge in [-0.1, -0.05) is 12.8 Å². The molecule has 0 atom stereocenters. The zero-order valence-corrected chi connectivity index (χ0v) is 12.7. The van der Waals surface area contributed by atoms with Crippen LogP contribution in [0.1, 0.15) is 51.4 Å². The molecule has 1 amide bonds. The lowest BCUT2D eigenvalue weighted by Crippen LogP contribution is -2.26. The van der Waals surface area contributed by atoms with Crippen LogP contribution in [-0.4, -0.2) is 17.0 Å². The second-order valence-corrected chi connectivity index (χ2v) is 6.41. The molecule has 0 unspecified atom stereocenters. The summed E-state index contributed by atoms with van der Waals surface area (Å²) in [7, 11) is 1.30. The Bertz CT molecular complexity index is 280. The molecule has 4 nitrogen and oxygen atoms in total. The summed E-state index contributed by atoms with van der Waals surface area (Å²) < 4.78 is 2.74. The van der Waals surface area contributed by atoms with E-state index in [4.69, 9.17) is 5.11 Å². The maximum Gasteiger partial charge on any atom is 0.303 e. The molecule has 0 aromatic carbocycles. The van der Waals surface area contributed by atoms with Crippen molar-refractivity contribution in [1.82, 2.24) is 4.72 Å². The fourth-order valence-corrected chi connectivity index (χ4v) is 3.57. The number of carboxylic acid groups (broad SMARTS) is 1. The van der Waals surface area contributed by atoms with Crippen molar-refractivity contribution in [2.24, 2.45) is 5.41 Å². The molecule has 1 aliphatic rings. The molecule has 2 N–H and O–H groups in total. The lowest BCUT2D eigenvalue weighted by atomic mass is 9.78. The van der Waals surface area contributed by atoms with Crippen LogP contribution >= 0.6 is 30.3 Å². The highest BCUT2D eigenvalue weighted by molar-refractivity contribution is 14.2. The molecule has 1 rings (SSSR count). The van der Waals surface area contributed by atoms with Crippen molar-refractivity contribution in [3.8, 4) is 0 Å². The van der Waals surface area contributed by atoms with Gasteiger partial charge in [0.15, 0.2) is 0 Å². The minimum atomic E-state index is -0.745. The molecule has 1 saturated carbocycles. The Morgan fingerprint density at radius 3 is 2.53 bits per heavy atom. The van der Waals surface area contributed by atoms with Crippen molar-refractivity contribution in [3.63, 3.8) is 0 Å². The van der Waals surface area contributed by atoms with Crippen LogP contribution in [0.3, 0.4) is 0 Å². The molecule has 1 aliphatic carbocycles. The Labute approximate surface area is 118 Å². The van der Waals surface area contributed by atoms with Crippen LogP contribution in [0.4, 0.5) is 0 Å². The highest BCUT2D eigenvalue weighted by Gasteiger charge is 2.35. The van der Waals surface area contributed by atoms with Gasteiger partial charge < -0.3 is 5.11 Å². The van der Waals surface area contributed by atoms with Crippen molar-refractivity contribution < 1.29 is 14.7 Å². The lowest BCUT2D eigenvalue weighted by molar-refractivity contribution is -0.137. The van der Waals surface area contributed by atoms with Crippen molar-refractivity contribution in [1.29, 1.82) is 0 Å². The first-order valence-electron chi connectivity index (χ1n) is 5.86. The predicted octanol–water partition coefficient (Wildman–Crippen LogP) is 3.31. The molecule has 98 valence electrons. The summed E-state index contributed by atoms with van der Waals surface area (Å²) in [6.07, 6.45) is 6.75. The number of carbonyl (C=O) groups excluding carboxylic acids is 1. The second-order valence-electron chi connectivity index (χ2n) is 4.73. The fourth-order valence-electron chi connectivity index (χ4n) is 2.67. The Morgan fingerprint density at radius 2 is 2.00 bits per heavy atom. The fraction of sp³-hybridized carbons (Fsp3) is 0.818. The number of carboxylic acids is 1. The zero-order chi connectivity index (χ0) is 12.7. The summed E-state index contributed by atoms with van der Waals surface area (Å²) in [5.41, 5.74) is 0.0614. The van der Waals surface area contributed by atoms with Crippen molar-refractivity contribution in [2.75, 3.05) is 0 Å². The molecule has 0 spiro atoms. The Balaban J connectivity index is 2.44. The van der Waals surface area contributed by atoms with Gasteiger partial charge in [0.2, 0.25) is 5.91 Å². The van der Waals surface area contributed by atoms with Gasteiger partial charge >= 0.3 is 5.97 Å². The highest BCUT2D eigenvalue weighted by Crippen LogP contribution is 2.45. The highest BCUT2D eigenvalue weighted by atomic mass is 127. The topological polar surface area (TPSA) is 66.4 Å². The van der Waals surface area contributed by atoms with Gasteiger partial charge in [-0.05, 0) is 31.1 Å². The van der Waals surface area contributed by atoms with Crippen LogP contribution in [0.5, 0.6) is 0 Å². The van der Waals surface area contributed by atoms with Crippen molar-refractivity contribution in [3.05, 3.63) is 0 Å². The SMILES string of the molecule is O=C(O)CCCC1(CC(=O)NSI)CCCC1. The molecule has 0 aliphatic heterocycles. The van der Waals surface area contributed by atoms with E-state index in [-0.39, 0.29) is 17.7 Å². The molecule has 17 heavy (non-hydrogen) atoms. The maximum absolute atomic E-state index is 11.6. The number of amides is 1. The molecule has 6 heteroatoms. The minimum absolute atomic E-state index is 0.0614. The molecule has 0 radical (unpaired) electrons. The van der Waals surface area contributed by atoms with Gasteiger partial charge in [-0.15, -0.1) is 0 Å². The van der Waals surface area contributed by atoms with Crippen LogP contribution in [-0.2, 0) is 9.59 Å². The van der Waals surface area contributed by atoms with Gasteiger partial charge in [-0.3, -0.25) is 14.3 Å². The molecule has 0 bridgehead atoms. The Hall–Kier alpha value is 0.0200. The molecule has 1 fully saturated rings. The van der Waals surface area contributed by atoms with Crippen LogP contribution < -0.4 is 4.72 Å². The smallest absolute Gasteiger partial charge is 0.303 e. The third-order valence-electron chi connectivity index (χ3n) is 3.45. The molecular formula is C11H18INO3S. The maximum atomic E-state index is 11.6. The van der Waals surface area contributed by atoms with E-state index >= 15 is 0 Å². The van der Waals surface area contributed by atoms with Crippen LogP contribution in [0.25, 0.3) is 0 Å². The number of halogens is 1. The number of carbonyl (C=O) groups is 2. The third kappa shape index (κ3) is 5.46. The van der Waals surface area contributed by atoms with E-state index in [1.807, 2.05) is 21.2 Å². The summed E-state index contributed by atoms with van der Waals surface area (Å²) in [6.45, 7) is 0. The number of nitrogens with one attached hydrogen (secondary N) is 1. The van der Waals surface area contributed by atoms with Gasteiger partial charge in [0.05, 0.1) is 0 Å². The van der Waals surface area contributed by atoms with E-state index in [1.54, 1.807) is 0 Å². The van der Waals surface area contributed by atoms with Crippen LogP contribution in [0, 0.1) is 5.41 Å². The summed E-state index contributed by atoms with van der Waals surface area (Å²) >= 11 is 2.04. The molecule has 0 aromatic rings. The van der Waals surface area contributed by atoms with Crippen LogP contribution in [0.15, 0.2) is 0 Å². The normalized spacial score (nSPS) is 17.9. The molecule has 0 heterocycles. The Kier molecular flexibility index (Phi) is 6.61. The summed E-state index contributed by atoms with van der Waals surface area (Å²) in [5, 5.41) is 8.65. The molecule has 0 saturated heterocycles. The zero-order valence-electron chi connectivity index (χ0n) is 9.71. The van der Waals surface area contributed by atoms with Crippen molar-refractivity contribution >= 4 is 42.2 Å². The number of hydrogen-bond donors (Lipinski definition) is 2. The Morgan fingerprint density at radius 1 is 1.35 bits per heavy atom. The number of aliphatic carboxylic acids is 1. The number of hydrogen-bond acceptors (Lipinski definition) is 3. The van der Waals surface area contributed by atoms with Gasteiger partial charge in [-0.2, -0.15) is 0 Å². The van der Waals surface area contributed by atoms with Gasteiger partial charge in [-0.25, -0.2) is 0 Å². The molecular weight excluding hydrogens is 353 g/mol. The molecule has 0 aromatic heterocycles. The standard InChI is InChI=1S/C11H18INO3S/c12-17-13-9(14)8-11(5-1-2-6-11)7-3-4-10(15)16/h1-8H2,(H,13,14)(H,15,16). The summed E-state index contributed by atoms with van der Waals surface area (Å²) in [5.74, 6) is -0.674. The first kappa shape index (κ1) is 15.1.